The Hall–Kier alpha value is -3.83. The summed E-state index contributed by atoms with van der Waals surface area (Å²) in [7, 11) is 3.26. The van der Waals surface area contributed by atoms with Crippen LogP contribution in [0.3, 0.4) is 0 Å². The van der Waals surface area contributed by atoms with Gasteiger partial charge in [-0.25, -0.2) is 14.2 Å². The van der Waals surface area contributed by atoms with Crippen LogP contribution in [0.4, 0.5) is 25.7 Å². The quantitative estimate of drug-likeness (QED) is 0.456. The molecule has 2 aliphatic rings. The number of benzene rings is 1. The Labute approximate surface area is 246 Å². The van der Waals surface area contributed by atoms with Crippen molar-refractivity contribution < 1.29 is 18.7 Å². The van der Waals surface area contributed by atoms with E-state index < -0.39 is 5.82 Å². The van der Waals surface area contributed by atoms with Crippen molar-refractivity contribution in [3.8, 4) is 18.1 Å². The van der Waals surface area contributed by atoms with Crippen molar-refractivity contribution in [2.24, 2.45) is 10.4 Å². The van der Waals surface area contributed by atoms with Crippen LogP contribution in [-0.4, -0.2) is 58.3 Å². The molecular formula is C27H33FN8O3S2. The number of nitrogens with one attached hydrogen (secondary N) is 1. The molecular weight excluding hydrogens is 567 g/mol. The highest BCUT2D eigenvalue weighted by molar-refractivity contribution is 7.15. The van der Waals surface area contributed by atoms with Crippen LogP contribution in [0, 0.1) is 23.6 Å². The van der Waals surface area contributed by atoms with E-state index in [4.69, 9.17) is 11.2 Å². The van der Waals surface area contributed by atoms with E-state index in [1.54, 1.807) is 14.1 Å². The number of halogens is 1. The van der Waals surface area contributed by atoms with E-state index in [2.05, 4.69) is 65.4 Å². The van der Waals surface area contributed by atoms with Gasteiger partial charge in [-0.2, -0.15) is 4.37 Å². The second kappa shape index (κ2) is 11.6. The van der Waals surface area contributed by atoms with Crippen LogP contribution in [0.15, 0.2) is 17.1 Å². The third kappa shape index (κ3) is 6.57. The first-order valence-electron chi connectivity index (χ1n) is 12.8. The molecule has 0 saturated heterocycles. The number of hydrogen-bond donors (Lipinski definition) is 1. The maximum absolute atomic E-state index is 14.5. The number of aromatic nitrogens is 4. The zero-order valence-electron chi connectivity index (χ0n) is 24.1. The topological polar surface area (TPSA) is 118 Å². The number of amides is 3. The van der Waals surface area contributed by atoms with E-state index in [1.165, 1.54) is 44.8 Å². The number of nitrogens with zero attached hydrogens (tertiary/aromatic N) is 7. The number of terminal acetylenes is 1. The molecule has 218 valence electrons. The van der Waals surface area contributed by atoms with Gasteiger partial charge in [0, 0.05) is 50.1 Å². The monoisotopic (exact) mass is 600 g/mol. The average Bonchev–Trinajstić information content (AvgIpc) is 3.61. The van der Waals surface area contributed by atoms with Gasteiger partial charge in [0.2, 0.25) is 9.93 Å². The molecule has 0 bridgehead atoms. The maximum atomic E-state index is 14.5. The molecule has 2 aliphatic heterocycles. The smallest absolute Gasteiger partial charge is 0.323 e. The van der Waals surface area contributed by atoms with Crippen molar-refractivity contribution in [1.29, 1.82) is 0 Å². The Morgan fingerprint density at radius 2 is 2.07 bits per heavy atom. The Balaban J connectivity index is 0.000000221. The molecule has 0 spiro atoms. The third-order valence-electron chi connectivity index (χ3n) is 6.30. The molecule has 0 fully saturated rings. The number of anilines is 2. The third-order valence-corrected chi connectivity index (χ3v) is 8.50. The number of fused-ring (bicyclic) bond motifs is 2. The fourth-order valence-corrected chi connectivity index (χ4v) is 5.77. The lowest BCUT2D eigenvalue weighted by Crippen LogP contribution is -2.39. The highest BCUT2D eigenvalue weighted by Gasteiger charge is 2.31. The minimum absolute atomic E-state index is 0.0283. The lowest BCUT2D eigenvalue weighted by Gasteiger charge is -2.28. The first kappa shape index (κ1) is 30.1. The minimum Gasteiger partial charge on any atom is -0.481 e. The molecule has 0 unspecified atom stereocenters. The molecule has 3 aromatic rings. The first-order valence-corrected chi connectivity index (χ1v) is 14.4. The highest BCUT2D eigenvalue weighted by atomic mass is 32.1. The molecule has 1 N–H and O–H groups in total. The predicted octanol–water partition coefficient (Wildman–Crippen LogP) is 3.87. The van der Waals surface area contributed by atoms with Crippen molar-refractivity contribution in [3.63, 3.8) is 0 Å². The lowest BCUT2D eigenvalue weighted by molar-refractivity contribution is -0.121. The van der Waals surface area contributed by atoms with Gasteiger partial charge in [-0.1, -0.05) is 51.9 Å². The van der Waals surface area contributed by atoms with E-state index in [1.807, 2.05) is 4.57 Å². The van der Waals surface area contributed by atoms with Crippen molar-refractivity contribution in [2.45, 2.75) is 53.0 Å². The normalized spacial score (nSPS) is 15.7. The van der Waals surface area contributed by atoms with Crippen LogP contribution < -0.4 is 24.7 Å². The van der Waals surface area contributed by atoms with Gasteiger partial charge in [-0.3, -0.25) is 14.6 Å². The Morgan fingerprint density at radius 3 is 2.71 bits per heavy atom. The van der Waals surface area contributed by atoms with Crippen molar-refractivity contribution >= 4 is 51.3 Å². The molecule has 11 nitrogen and oxygen atoms in total. The number of ether oxygens (including phenoxy) is 1. The molecule has 0 aliphatic carbocycles. The summed E-state index contributed by atoms with van der Waals surface area (Å²) in [5.41, 5.74) is 0.650. The molecule has 14 heteroatoms. The number of rotatable bonds is 3. The summed E-state index contributed by atoms with van der Waals surface area (Å²) in [6, 6.07) is 2.57. The van der Waals surface area contributed by atoms with Crippen molar-refractivity contribution in [2.75, 3.05) is 37.0 Å². The van der Waals surface area contributed by atoms with Gasteiger partial charge in [0.15, 0.2) is 12.4 Å². The van der Waals surface area contributed by atoms with Crippen molar-refractivity contribution in [1.82, 2.24) is 24.5 Å². The highest BCUT2D eigenvalue weighted by Crippen LogP contribution is 2.37. The second-order valence-corrected chi connectivity index (χ2v) is 13.1. The Bertz CT molecular complexity index is 1580. The van der Waals surface area contributed by atoms with Crippen molar-refractivity contribution in [3.05, 3.63) is 33.6 Å². The molecule has 0 saturated carbocycles. The summed E-state index contributed by atoms with van der Waals surface area (Å²) in [5, 5.41) is 12.1. The molecule has 0 atom stereocenters. The van der Waals surface area contributed by atoms with Crippen LogP contribution in [0.1, 0.15) is 45.5 Å². The van der Waals surface area contributed by atoms with Gasteiger partial charge in [0.25, 0.3) is 5.91 Å². The van der Waals surface area contributed by atoms with Crippen LogP contribution >= 0.6 is 22.9 Å². The summed E-state index contributed by atoms with van der Waals surface area (Å²) in [5.74, 6) is 2.92. The molecule has 1 aromatic carbocycles. The largest absolute Gasteiger partial charge is 0.481 e. The summed E-state index contributed by atoms with van der Waals surface area (Å²) < 4.78 is 26.3. The van der Waals surface area contributed by atoms with E-state index in [-0.39, 0.29) is 41.6 Å². The van der Waals surface area contributed by atoms with Gasteiger partial charge in [0.05, 0.1) is 12.2 Å². The average molecular weight is 601 g/mol. The predicted molar refractivity (Wildman–Crippen MR) is 157 cm³/mol. The fourth-order valence-electron chi connectivity index (χ4n) is 4.15. The first-order chi connectivity index (χ1) is 19.2. The van der Waals surface area contributed by atoms with Gasteiger partial charge >= 0.3 is 6.03 Å². The molecule has 2 aromatic heterocycles. The number of carbonyl (C=O) groups is 2. The summed E-state index contributed by atoms with van der Waals surface area (Å²) in [4.78, 5) is 31.3. The van der Waals surface area contributed by atoms with E-state index in [9.17, 15) is 14.0 Å². The van der Waals surface area contributed by atoms with Crippen LogP contribution in [0.5, 0.6) is 5.75 Å². The van der Waals surface area contributed by atoms with E-state index in [0.29, 0.717) is 21.4 Å². The van der Waals surface area contributed by atoms with Crippen LogP contribution in [-0.2, 0) is 23.2 Å². The number of carbonyl (C=O) groups excluding carboxylic acids is 2. The minimum atomic E-state index is -0.515. The molecule has 4 heterocycles. The van der Waals surface area contributed by atoms with Crippen LogP contribution in [0.25, 0.3) is 0 Å². The summed E-state index contributed by atoms with van der Waals surface area (Å²) >= 11 is 2.68. The van der Waals surface area contributed by atoms with Gasteiger partial charge < -0.3 is 14.6 Å². The van der Waals surface area contributed by atoms with Gasteiger partial charge in [-0.15, -0.1) is 16.6 Å². The Morgan fingerprint density at radius 1 is 1.34 bits per heavy atom. The summed E-state index contributed by atoms with van der Waals surface area (Å²) in [6.07, 6.45) is 6.22. The van der Waals surface area contributed by atoms with Gasteiger partial charge in [0.1, 0.15) is 22.3 Å². The SMILES string of the molecule is C#CCN1C(=O)COc2cc(F)c(/N=c3\snc4n3CC(C)(C)C4)cc21.CNC(=O)N(C)c1nnc(C(C)(C)C)s1. The van der Waals surface area contributed by atoms with Crippen LogP contribution in [0.2, 0.25) is 0 Å². The molecule has 41 heavy (non-hydrogen) atoms. The van der Waals surface area contributed by atoms with Gasteiger partial charge in [-0.05, 0) is 11.5 Å². The zero-order chi connectivity index (χ0) is 30.1. The van der Waals surface area contributed by atoms with E-state index >= 15 is 0 Å². The van der Waals surface area contributed by atoms with E-state index in [0.717, 1.165) is 23.8 Å². The lowest BCUT2D eigenvalue weighted by atomic mass is 9.92. The summed E-state index contributed by atoms with van der Waals surface area (Å²) in [6.45, 7) is 11.3. The fraction of sp³-hybridized carbons (Fsp3) is 0.481. The molecule has 5 rings (SSSR count). The maximum Gasteiger partial charge on any atom is 0.323 e. The molecule has 0 radical (unpaired) electrons. The molecule has 3 amide bonds. The Kier molecular flexibility index (Phi) is 8.51. The zero-order valence-corrected chi connectivity index (χ0v) is 25.7. The second-order valence-electron chi connectivity index (χ2n) is 11.4. The number of urea groups is 1. The number of hydrogen-bond acceptors (Lipinski definition) is 9. The standard InChI is InChI=1S/C18H17FN4O2S.C9H16N4OS/c1-4-5-22-13-7-12(11(19)6-14(13)25-9-16(22)24)20-17-23-10-18(2,3)8-15(23)21-26-17;1-9(2,3)6-11-12-8(15-6)13(5)7(14)10-4/h1,6-7H,5,8-10H2,2-3H3;1-5H3,(H,10,14)/b20-17-;.